The molecule has 1 atom stereocenters. The molecule has 154 valence electrons. The summed E-state index contributed by atoms with van der Waals surface area (Å²) in [6.07, 6.45) is 5.26. The number of benzene rings is 2. The number of rotatable bonds is 5. The fourth-order valence-electron chi connectivity index (χ4n) is 3.52. The third-order valence-corrected chi connectivity index (χ3v) is 6.55. The SMILES string of the molecule is Cc1ccc(Sc2nccnc2N2CCC[C@@H](C(=O)Nc3cccc(Br)c3)C2)cc1. The highest BCUT2D eigenvalue weighted by Crippen LogP contribution is 2.34. The molecule has 0 aliphatic carbocycles. The van der Waals surface area contributed by atoms with E-state index in [0.717, 1.165) is 45.3 Å². The van der Waals surface area contributed by atoms with Gasteiger partial charge in [0.25, 0.3) is 0 Å². The number of carbonyl (C=O) groups excluding carboxylic acids is 1. The van der Waals surface area contributed by atoms with Gasteiger partial charge in [0.2, 0.25) is 5.91 Å². The van der Waals surface area contributed by atoms with Gasteiger partial charge in [0, 0.05) is 40.5 Å². The number of hydrogen-bond acceptors (Lipinski definition) is 5. The van der Waals surface area contributed by atoms with E-state index in [9.17, 15) is 4.79 Å². The number of carbonyl (C=O) groups is 1. The van der Waals surface area contributed by atoms with Crippen molar-refractivity contribution in [3.8, 4) is 0 Å². The maximum Gasteiger partial charge on any atom is 0.229 e. The van der Waals surface area contributed by atoms with E-state index in [4.69, 9.17) is 0 Å². The highest BCUT2D eigenvalue weighted by atomic mass is 79.9. The standard InChI is InChI=1S/C23H23BrN4OS/c1-16-7-9-20(10-8-16)30-23-21(25-11-12-26-23)28-13-3-4-17(15-28)22(29)27-19-6-2-5-18(24)14-19/h2,5-12,14,17H,3-4,13,15H2,1H3,(H,27,29)/t17-/m1/s1. The average molecular weight is 483 g/mol. The molecule has 0 spiro atoms. The van der Waals surface area contributed by atoms with Crippen LogP contribution in [0.25, 0.3) is 0 Å². The van der Waals surface area contributed by atoms with Crippen LogP contribution in [0.3, 0.4) is 0 Å². The summed E-state index contributed by atoms with van der Waals surface area (Å²) in [5, 5.41) is 3.92. The summed E-state index contributed by atoms with van der Waals surface area (Å²) < 4.78 is 0.947. The van der Waals surface area contributed by atoms with Gasteiger partial charge in [-0.25, -0.2) is 9.97 Å². The first kappa shape index (κ1) is 20.9. The van der Waals surface area contributed by atoms with E-state index < -0.39 is 0 Å². The maximum atomic E-state index is 12.9. The minimum absolute atomic E-state index is 0.0504. The molecule has 3 aromatic rings. The first-order valence-corrected chi connectivity index (χ1v) is 11.6. The number of aryl methyl sites for hydroxylation is 1. The highest BCUT2D eigenvalue weighted by Gasteiger charge is 2.28. The molecule has 7 heteroatoms. The molecule has 1 aliphatic heterocycles. The summed E-state index contributed by atoms with van der Waals surface area (Å²) in [6, 6.07) is 16.1. The lowest BCUT2D eigenvalue weighted by molar-refractivity contribution is -0.120. The van der Waals surface area contributed by atoms with Crippen molar-refractivity contribution in [2.24, 2.45) is 5.92 Å². The number of anilines is 2. The first-order valence-electron chi connectivity index (χ1n) is 9.95. The van der Waals surface area contributed by atoms with E-state index in [0.29, 0.717) is 6.54 Å². The molecule has 1 aliphatic rings. The predicted octanol–water partition coefficient (Wildman–Crippen LogP) is 5.55. The lowest BCUT2D eigenvalue weighted by Gasteiger charge is -2.33. The summed E-state index contributed by atoms with van der Waals surface area (Å²) in [5.41, 5.74) is 2.04. The first-order chi connectivity index (χ1) is 14.6. The molecule has 1 aromatic heterocycles. The van der Waals surface area contributed by atoms with Crippen molar-refractivity contribution in [1.29, 1.82) is 0 Å². The molecule has 1 saturated heterocycles. The van der Waals surface area contributed by atoms with Gasteiger partial charge in [0.1, 0.15) is 5.03 Å². The van der Waals surface area contributed by atoms with Gasteiger partial charge in [-0.2, -0.15) is 0 Å². The van der Waals surface area contributed by atoms with E-state index in [1.807, 2.05) is 24.3 Å². The van der Waals surface area contributed by atoms with Crippen molar-refractivity contribution in [1.82, 2.24) is 9.97 Å². The average Bonchev–Trinajstić information content (AvgIpc) is 2.76. The second kappa shape index (κ2) is 9.62. The van der Waals surface area contributed by atoms with E-state index >= 15 is 0 Å². The summed E-state index contributed by atoms with van der Waals surface area (Å²) >= 11 is 5.06. The van der Waals surface area contributed by atoms with Crippen LogP contribution in [0.1, 0.15) is 18.4 Å². The van der Waals surface area contributed by atoms with Gasteiger partial charge in [0.05, 0.1) is 5.92 Å². The van der Waals surface area contributed by atoms with Gasteiger partial charge in [-0.15, -0.1) is 0 Å². The Morgan fingerprint density at radius 3 is 2.77 bits per heavy atom. The van der Waals surface area contributed by atoms with Crippen molar-refractivity contribution in [2.75, 3.05) is 23.3 Å². The summed E-state index contributed by atoms with van der Waals surface area (Å²) in [7, 11) is 0. The highest BCUT2D eigenvalue weighted by molar-refractivity contribution is 9.10. The monoisotopic (exact) mass is 482 g/mol. The lowest BCUT2D eigenvalue weighted by Crippen LogP contribution is -2.41. The fourth-order valence-corrected chi connectivity index (χ4v) is 4.80. The van der Waals surface area contributed by atoms with Gasteiger partial charge >= 0.3 is 0 Å². The number of nitrogens with zero attached hydrogens (tertiary/aromatic N) is 3. The zero-order valence-corrected chi connectivity index (χ0v) is 19.1. The van der Waals surface area contributed by atoms with Crippen molar-refractivity contribution >= 4 is 45.1 Å². The Morgan fingerprint density at radius 1 is 1.17 bits per heavy atom. The Balaban J connectivity index is 1.48. The third-order valence-electron chi connectivity index (χ3n) is 5.07. The topological polar surface area (TPSA) is 58.1 Å². The molecule has 1 fully saturated rings. The van der Waals surface area contributed by atoms with Crippen LogP contribution in [-0.2, 0) is 4.79 Å². The zero-order chi connectivity index (χ0) is 20.9. The Kier molecular flexibility index (Phi) is 6.69. The molecule has 2 heterocycles. The van der Waals surface area contributed by atoms with E-state index in [-0.39, 0.29) is 11.8 Å². The van der Waals surface area contributed by atoms with Crippen LogP contribution in [0, 0.1) is 12.8 Å². The molecule has 0 bridgehead atoms. The van der Waals surface area contributed by atoms with Crippen LogP contribution < -0.4 is 10.2 Å². The molecule has 4 rings (SSSR count). The quantitative estimate of drug-likeness (QED) is 0.516. The van der Waals surface area contributed by atoms with E-state index in [1.54, 1.807) is 24.2 Å². The van der Waals surface area contributed by atoms with E-state index in [1.165, 1.54) is 5.56 Å². The summed E-state index contributed by atoms with van der Waals surface area (Å²) in [6.45, 7) is 3.59. The molecule has 0 unspecified atom stereocenters. The fraction of sp³-hybridized carbons (Fsp3) is 0.261. The molecule has 5 nitrogen and oxygen atoms in total. The van der Waals surface area contributed by atoms with Gasteiger partial charge in [-0.05, 0) is 50.1 Å². The third kappa shape index (κ3) is 5.21. The van der Waals surface area contributed by atoms with Gasteiger partial charge in [-0.3, -0.25) is 4.79 Å². The number of piperidine rings is 1. The van der Waals surface area contributed by atoms with Crippen molar-refractivity contribution in [2.45, 2.75) is 29.7 Å². The van der Waals surface area contributed by atoms with Gasteiger partial charge in [-0.1, -0.05) is 51.5 Å². The Labute approximate surface area is 189 Å². The van der Waals surface area contributed by atoms with Crippen molar-refractivity contribution in [3.63, 3.8) is 0 Å². The second-order valence-electron chi connectivity index (χ2n) is 7.38. The van der Waals surface area contributed by atoms with Crippen LogP contribution in [0.4, 0.5) is 11.5 Å². The second-order valence-corrected chi connectivity index (χ2v) is 9.36. The molecule has 0 saturated carbocycles. The molecule has 30 heavy (non-hydrogen) atoms. The molecule has 1 amide bonds. The van der Waals surface area contributed by atoms with Crippen molar-refractivity contribution < 1.29 is 4.79 Å². The van der Waals surface area contributed by atoms with Gasteiger partial charge in [0.15, 0.2) is 5.82 Å². The molecular formula is C23H23BrN4OS. The Morgan fingerprint density at radius 2 is 1.97 bits per heavy atom. The number of amides is 1. The number of aromatic nitrogens is 2. The minimum Gasteiger partial charge on any atom is -0.354 e. The number of hydrogen-bond donors (Lipinski definition) is 1. The minimum atomic E-state index is -0.0861. The molecule has 0 radical (unpaired) electrons. The van der Waals surface area contributed by atoms with E-state index in [2.05, 4.69) is 67.3 Å². The molecule has 1 N–H and O–H groups in total. The number of nitrogens with one attached hydrogen (secondary N) is 1. The van der Waals surface area contributed by atoms with Crippen molar-refractivity contribution in [3.05, 3.63) is 71.0 Å². The molecular weight excluding hydrogens is 460 g/mol. The van der Waals surface area contributed by atoms with Gasteiger partial charge < -0.3 is 10.2 Å². The normalized spacial score (nSPS) is 16.3. The molecule has 2 aromatic carbocycles. The van der Waals surface area contributed by atoms with Crippen LogP contribution in [0.2, 0.25) is 0 Å². The Hall–Kier alpha value is -2.38. The summed E-state index contributed by atoms with van der Waals surface area (Å²) in [5.74, 6) is 0.814. The largest absolute Gasteiger partial charge is 0.354 e. The number of halogens is 1. The lowest BCUT2D eigenvalue weighted by atomic mass is 9.97. The van der Waals surface area contributed by atoms with Crippen LogP contribution in [0.15, 0.2) is 75.3 Å². The maximum absolute atomic E-state index is 12.9. The predicted molar refractivity (Wildman–Crippen MR) is 125 cm³/mol. The smallest absolute Gasteiger partial charge is 0.229 e. The zero-order valence-electron chi connectivity index (χ0n) is 16.7. The Bertz CT molecular complexity index is 1030. The van der Waals surface area contributed by atoms with Crippen LogP contribution >= 0.6 is 27.7 Å². The summed E-state index contributed by atoms with van der Waals surface area (Å²) in [4.78, 5) is 25.4. The van der Waals surface area contributed by atoms with Crippen LogP contribution in [0.5, 0.6) is 0 Å². The van der Waals surface area contributed by atoms with Crippen LogP contribution in [-0.4, -0.2) is 29.0 Å².